The largest absolute Gasteiger partial charge is 0.324 e. The van der Waals surface area contributed by atoms with Crippen molar-refractivity contribution < 1.29 is 13.2 Å². The SMILES string of the molecule is C[C@@H]1CC(=O)Nc2ccccc2N1S(=O)(=O)c1cccs1. The number of amides is 1. The van der Waals surface area contributed by atoms with Crippen LogP contribution < -0.4 is 9.62 Å². The number of fused-ring (bicyclic) bond motifs is 1. The van der Waals surface area contributed by atoms with Gasteiger partial charge in [-0.2, -0.15) is 0 Å². The minimum atomic E-state index is -3.67. The normalized spacial score (nSPS) is 18.8. The summed E-state index contributed by atoms with van der Waals surface area (Å²) in [4.78, 5) is 11.9. The first-order chi connectivity index (χ1) is 10.00. The van der Waals surface area contributed by atoms with Gasteiger partial charge in [0.2, 0.25) is 5.91 Å². The maximum atomic E-state index is 12.9. The predicted molar refractivity (Wildman–Crippen MR) is 83.1 cm³/mol. The molecule has 5 nitrogen and oxygen atoms in total. The van der Waals surface area contributed by atoms with E-state index in [1.165, 1.54) is 15.6 Å². The maximum Gasteiger partial charge on any atom is 0.274 e. The number of carbonyl (C=O) groups is 1. The van der Waals surface area contributed by atoms with Gasteiger partial charge in [-0.25, -0.2) is 8.42 Å². The number of carbonyl (C=O) groups excluding carboxylic acids is 1. The molecule has 1 aliphatic heterocycles. The summed E-state index contributed by atoms with van der Waals surface area (Å²) in [6.07, 6.45) is 0.124. The molecule has 1 amide bonds. The van der Waals surface area contributed by atoms with Crippen molar-refractivity contribution in [1.29, 1.82) is 0 Å². The lowest BCUT2D eigenvalue weighted by Gasteiger charge is -2.28. The fourth-order valence-corrected chi connectivity index (χ4v) is 5.19. The zero-order chi connectivity index (χ0) is 15.0. The first kappa shape index (κ1) is 14.1. The van der Waals surface area contributed by atoms with Crippen LogP contribution in [0, 0.1) is 0 Å². The number of thiophene rings is 1. The summed E-state index contributed by atoms with van der Waals surface area (Å²) in [5.41, 5.74) is 1.02. The van der Waals surface area contributed by atoms with Crippen LogP contribution in [0.5, 0.6) is 0 Å². The first-order valence-electron chi connectivity index (χ1n) is 6.47. The maximum absolute atomic E-state index is 12.9. The fourth-order valence-electron chi connectivity index (χ4n) is 2.43. The van der Waals surface area contributed by atoms with Gasteiger partial charge in [-0.15, -0.1) is 11.3 Å². The number of anilines is 2. The fraction of sp³-hybridized carbons (Fsp3) is 0.214. The third kappa shape index (κ3) is 2.43. The summed E-state index contributed by atoms with van der Waals surface area (Å²) in [6.45, 7) is 1.74. The molecule has 1 atom stereocenters. The van der Waals surface area contributed by atoms with Gasteiger partial charge in [-0.3, -0.25) is 9.10 Å². The van der Waals surface area contributed by atoms with E-state index < -0.39 is 16.1 Å². The molecule has 0 saturated heterocycles. The molecular weight excluding hydrogens is 308 g/mol. The number of benzene rings is 1. The summed E-state index contributed by atoms with van der Waals surface area (Å²) in [6, 6.07) is 9.79. The Labute approximate surface area is 127 Å². The summed E-state index contributed by atoms with van der Waals surface area (Å²) < 4.78 is 27.4. The molecule has 0 unspecified atom stereocenters. The number of para-hydroxylation sites is 2. The Morgan fingerprint density at radius 2 is 2.00 bits per heavy atom. The number of sulfonamides is 1. The van der Waals surface area contributed by atoms with Crippen molar-refractivity contribution in [1.82, 2.24) is 0 Å². The Morgan fingerprint density at radius 3 is 2.71 bits per heavy atom. The molecule has 0 aliphatic carbocycles. The molecule has 1 aliphatic rings. The quantitative estimate of drug-likeness (QED) is 0.924. The van der Waals surface area contributed by atoms with Crippen LogP contribution in [-0.2, 0) is 14.8 Å². The molecule has 0 spiro atoms. The highest BCUT2D eigenvalue weighted by Gasteiger charge is 2.35. The van der Waals surface area contributed by atoms with Crippen LogP contribution in [0.25, 0.3) is 0 Å². The summed E-state index contributed by atoms with van der Waals surface area (Å²) in [5, 5.41) is 4.49. The van der Waals surface area contributed by atoms with Crippen molar-refractivity contribution in [2.24, 2.45) is 0 Å². The highest BCUT2D eigenvalue weighted by atomic mass is 32.2. The number of hydrogen-bond acceptors (Lipinski definition) is 4. The van der Waals surface area contributed by atoms with Gasteiger partial charge < -0.3 is 5.32 Å². The van der Waals surface area contributed by atoms with E-state index in [0.29, 0.717) is 11.4 Å². The molecule has 1 N–H and O–H groups in total. The van der Waals surface area contributed by atoms with Crippen molar-refractivity contribution >= 4 is 38.6 Å². The van der Waals surface area contributed by atoms with Gasteiger partial charge in [0.1, 0.15) is 4.21 Å². The van der Waals surface area contributed by atoms with Crippen LogP contribution in [0.4, 0.5) is 11.4 Å². The van der Waals surface area contributed by atoms with E-state index in [4.69, 9.17) is 0 Å². The standard InChI is InChI=1S/C14H14N2O3S2/c1-10-9-13(17)15-11-5-2-3-6-12(11)16(10)21(18,19)14-7-4-8-20-14/h2-8,10H,9H2,1H3,(H,15,17)/t10-/m1/s1. The Hall–Kier alpha value is -1.86. The van der Waals surface area contributed by atoms with E-state index in [1.54, 1.807) is 48.7 Å². The highest BCUT2D eigenvalue weighted by Crippen LogP contribution is 2.36. The third-order valence-corrected chi connectivity index (χ3v) is 6.61. The smallest absolute Gasteiger partial charge is 0.274 e. The topological polar surface area (TPSA) is 66.5 Å². The molecule has 1 aromatic carbocycles. The third-order valence-electron chi connectivity index (χ3n) is 3.30. The van der Waals surface area contributed by atoms with Crippen LogP contribution in [0.15, 0.2) is 46.0 Å². The second-order valence-electron chi connectivity index (χ2n) is 4.85. The Morgan fingerprint density at radius 1 is 1.24 bits per heavy atom. The second-order valence-corrected chi connectivity index (χ2v) is 7.84. The van der Waals surface area contributed by atoms with Gasteiger partial charge in [0, 0.05) is 6.42 Å². The second kappa shape index (κ2) is 5.16. The molecule has 0 bridgehead atoms. The zero-order valence-electron chi connectivity index (χ0n) is 11.3. The van der Waals surface area contributed by atoms with Gasteiger partial charge in [-0.1, -0.05) is 18.2 Å². The molecular formula is C14H14N2O3S2. The molecule has 7 heteroatoms. The van der Waals surface area contributed by atoms with Crippen LogP contribution >= 0.6 is 11.3 Å². The van der Waals surface area contributed by atoms with Gasteiger partial charge in [0.25, 0.3) is 10.0 Å². The van der Waals surface area contributed by atoms with Crippen molar-refractivity contribution in [3.8, 4) is 0 Å². The van der Waals surface area contributed by atoms with E-state index in [-0.39, 0.29) is 16.5 Å². The van der Waals surface area contributed by atoms with E-state index >= 15 is 0 Å². The molecule has 2 aromatic rings. The minimum absolute atomic E-state index is 0.124. The molecule has 110 valence electrons. The van der Waals surface area contributed by atoms with Crippen LogP contribution in [0.2, 0.25) is 0 Å². The zero-order valence-corrected chi connectivity index (χ0v) is 12.9. The van der Waals surface area contributed by atoms with Crippen LogP contribution in [0.3, 0.4) is 0 Å². The lowest BCUT2D eigenvalue weighted by atomic mass is 10.2. The van der Waals surface area contributed by atoms with E-state index in [9.17, 15) is 13.2 Å². The molecule has 0 saturated carbocycles. The molecule has 0 fully saturated rings. The molecule has 21 heavy (non-hydrogen) atoms. The lowest BCUT2D eigenvalue weighted by molar-refractivity contribution is -0.116. The summed E-state index contributed by atoms with van der Waals surface area (Å²) in [7, 11) is -3.67. The van der Waals surface area contributed by atoms with Crippen molar-refractivity contribution in [2.75, 3.05) is 9.62 Å². The van der Waals surface area contributed by atoms with Crippen molar-refractivity contribution in [2.45, 2.75) is 23.6 Å². The molecule has 2 heterocycles. The Bertz CT molecular complexity index is 769. The van der Waals surface area contributed by atoms with Crippen LogP contribution in [-0.4, -0.2) is 20.4 Å². The van der Waals surface area contributed by atoms with E-state index in [0.717, 1.165) is 0 Å². The van der Waals surface area contributed by atoms with Crippen molar-refractivity contribution in [3.05, 3.63) is 41.8 Å². The summed E-state index contributed by atoms with van der Waals surface area (Å²) in [5.74, 6) is -0.182. The highest BCUT2D eigenvalue weighted by molar-refractivity contribution is 7.94. The summed E-state index contributed by atoms with van der Waals surface area (Å²) >= 11 is 1.17. The number of nitrogens with zero attached hydrogens (tertiary/aromatic N) is 1. The molecule has 0 radical (unpaired) electrons. The van der Waals surface area contributed by atoms with E-state index in [1.807, 2.05) is 0 Å². The lowest BCUT2D eigenvalue weighted by Crippen LogP contribution is -2.38. The van der Waals surface area contributed by atoms with Gasteiger partial charge in [0.15, 0.2) is 0 Å². The predicted octanol–water partition coefficient (Wildman–Crippen LogP) is 2.67. The first-order valence-corrected chi connectivity index (χ1v) is 8.79. The Kier molecular flexibility index (Phi) is 3.46. The average Bonchev–Trinajstić information content (AvgIpc) is 2.91. The number of hydrogen-bond donors (Lipinski definition) is 1. The van der Waals surface area contributed by atoms with Crippen molar-refractivity contribution in [3.63, 3.8) is 0 Å². The average molecular weight is 322 g/mol. The molecule has 3 rings (SSSR count). The molecule has 1 aromatic heterocycles. The number of rotatable bonds is 2. The Balaban J connectivity index is 2.19. The van der Waals surface area contributed by atoms with Crippen LogP contribution in [0.1, 0.15) is 13.3 Å². The van der Waals surface area contributed by atoms with Gasteiger partial charge >= 0.3 is 0 Å². The minimum Gasteiger partial charge on any atom is -0.324 e. The van der Waals surface area contributed by atoms with Gasteiger partial charge in [-0.05, 0) is 30.5 Å². The van der Waals surface area contributed by atoms with E-state index in [2.05, 4.69) is 5.32 Å². The monoisotopic (exact) mass is 322 g/mol. The van der Waals surface area contributed by atoms with Gasteiger partial charge in [0.05, 0.1) is 17.4 Å². The number of nitrogens with one attached hydrogen (secondary N) is 1.